The van der Waals surface area contributed by atoms with E-state index in [1.165, 1.54) is 24.0 Å². The maximum atomic E-state index is 6.37. The summed E-state index contributed by atoms with van der Waals surface area (Å²) in [5, 5.41) is 0. The van der Waals surface area contributed by atoms with Crippen LogP contribution < -0.4 is 9.47 Å². The van der Waals surface area contributed by atoms with E-state index in [-0.39, 0.29) is 30.3 Å². The maximum absolute atomic E-state index is 6.37. The highest BCUT2D eigenvalue weighted by molar-refractivity contribution is 6.45. The van der Waals surface area contributed by atoms with Gasteiger partial charge in [-0.3, -0.25) is 0 Å². The van der Waals surface area contributed by atoms with Gasteiger partial charge in [0.15, 0.2) is 11.5 Å². The van der Waals surface area contributed by atoms with E-state index in [1.807, 2.05) is 6.07 Å². The van der Waals surface area contributed by atoms with Gasteiger partial charge in [-0.2, -0.15) is 0 Å². The first-order valence-corrected chi connectivity index (χ1v) is 11.5. The van der Waals surface area contributed by atoms with Crippen molar-refractivity contribution in [2.24, 2.45) is 0 Å². The highest BCUT2D eigenvalue weighted by atomic mass is 16.7. The Kier molecular flexibility index (Phi) is 6.36. The zero-order chi connectivity index (χ0) is 22.1. The summed E-state index contributed by atoms with van der Waals surface area (Å²) in [6, 6.07) is 16.9. The van der Waals surface area contributed by atoms with Crippen LogP contribution in [0.2, 0.25) is 6.32 Å². The monoisotopic (exact) mass is 422 g/mol. The first-order chi connectivity index (χ1) is 14.8. The summed E-state index contributed by atoms with van der Waals surface area (Å²) in [4.78, 5) is 0. The number of ether oxygens (including phenoxy) is 2. The Hall–Kier alpha value is -1.98. The van der Waals surface area contributed by atoms with Crippen molar-refractivity contribution in [2.45, 2.75) is 82.9 Å². The SMILES string of the molecule is COc1ccc(C(CB2OC(C)(C)C(C)(C)O2)c2ccccc2)cc1OC1CCCC1. The molecule has 1 atom stereocenters. The fourth-order valence-electron chi connectivity index (χ4n) is 4.59. The molecule has 2 fully saturated rings. The van der Waals surface area contributed by atoms with Crippen molar-refractivity contribution in [1.29, 1.82) is 0 Å². The molecule has 2 aromatic rings. The van der Waals surface area contributed by atoms with Gasteiger partial charge in [-0.25, -0.2) is 0 Å². The van der Waals surface area contributed by atoms with Gasteiger partial charge in [0.1, 0.15) is 0 Å². The predicted octanol–water partition coefficient (Wildman–Crippen LogP) is 6.24. The van der Waals surface area contributed by atoms with Gasteiger partial charge >= 0.3 is 7.12 Å². The van der Waals surface area contributed by atoms with Crippen LogP contribution in [0.1, 0.15) is 70.4 Å². The smallest absolute Gasteiger partial charge is 0.458 e. The molecule has 0 spiro atoms. The van der Waals surface area contributed by atoms with Crippen LogP contribution in [0.25, 0.3) is 0 Å². The molecule has 0 amide bonds. The molecular weight excluding hydrogens is 387 g/mol. The van der Waals surface area contributed by atoms with Crippen molar-refractivity contribution in [1.82, 2.24) is 0 Å². The first kappa shape index (κ1) is 22.2. The van der Waals surface area contributed by atoms with Crippen molar-refractivity contribution < 1.29 is 18.8 Å². The van der Waals surface area contributed by atoms with Crippen molar-refractivity contribution in [3.8, 4) is 11.5 Å². The highest BCUT2D eigenvalue weighted by Gasteiger charge is 2.51. The van der Waals surface area contributed by atoms with Crippen molar-refractivity contribution in [3.63, 3.8) is 0 Å². The molecular formula is C26H35BO4. The fraction of sp³-hybridized carbons (Fsp3) is 0.538. The first-order valence-electron chi connectivity index (χ1n) is 11.5. The molecule has 4 nitrogen and oxygen atoms in total. The summed E-state index contributed by atoms with van der Waals surface area (Å²) in [6.07, 6.45) is 5.73. The van der Waals surface area contributed by atoms with Gasteiger partial charge in [0.25, 0.3) is 0 Å². The van der Waals surface area contributed by atoms with Gasteiger partial charge in [0.2, 0.25) is 0 Å². The highest BCUT2D eigenvalue weighted by Crippen LogP contribution is 2.42. The number of methoxy groups -OCH3 is 1. The quantitative estimate of drug-likeness (QED) is 0.495. The molecule has 1 heterocycles. The summed E-state index contributed by atoms with van der Waals surface area (Å²) in [6.45, 7) is 8.41. The second kappa shape index (κ2) is 8.87. The molecule has 2 aliphatic rings. The van der Waals surface area contributed by atoms with E-state index in [2.05, 4.69) is 70.2 Å². The molecule has 0 bridgehead atoms. The molecule has 1 unspecified atom stereocenters. The Labute approximate surface area is 187 Å². The summed E-state index contributed by atoms with van der Waals surface area (Å²) in [5.41, 5.74) is 1.76. The van der Waals surface area contributed by atoms with E-state index in [0.717, 1.165) is 30.7 Å². The third-order valence-corrected chi connectivity index (χ3v) is 7.12. The molecule has 31 heavy (non-hydrogen) atoms. The fourth-order valence-corrected chi connectivity index (χ4v) is 4.59. The molecule has 1 aliphatic carbocycles. The maximum Gasteiger partial charge on any atom is 0.458 e. The molecule has 0 N–H and O–H groups in total. The van der Waals surface area contributed by atoms with E-state index >= 15 is 0 Å². The van der Waals surface area contributed by atoms with Crippen LogP contribution in [0, 0.1) is 0 Å². The molecule has 1 saturated carbocycles. The average Bonchev–Trinajstić information content (AvgIpc) is 3.31. The standard InChI is InChI=1S/C26H35BO4/c1-25(2)26(3,4)31-27(30-25)18-22(19-11-7-6-8-12-19)20-15-16-23(28-5)24(17-20)29-21-13-9-10-14-21/h6-8,11-12,15-17,21-22H,9-10,13-14,18H2,1-5H3. The lowest BCUT2D eigenvalue weighted by molar-refractivity contribution is 0.00578. The second-order valence-electron chi connectivity index (χ2n) is 9.82. The topological polar surface area (TPSA) is 36.9 Å². The van der Waals surface area contributed by atoms with Gasteiger partial charge in [0.05, 0.1) is 24.4 Å². The Balaban J connectivity index is 1.64. The van der Waals surface area contributed by atoms with Gasteiger partial charge < -0.3 is 18.8 Å². The molecule has 1 saturated heterocycles. The third-order valence-electron chi connectivity index (χ3n) is 7.12. The number of rotatable bonds is 7. The molecule has 0 radical (unpaired) electrons. The molecule has 5 heteroatoms. The van der Waals surface area contributed by atoms with E-state index in [9.17, 15) is 0 Å². The summed E-state index contributed by atoms with van der Waals surface area (Å²) >= 11 is 0. The molecule has 1 aliphatic heterocycles. The average molecular weight is 422 g/mol. The van der Waals surface area contributed by atoms with Crippen LogP contribution in [-0.2, 0) is 9.31 Å². The van der Waals surface area contributed by atoms with Gasteiger partial charge in [0, 0.05) is 5.92 Å². The lowest BCUT2D eigenvalue weighted by Gasteiger charge is -2.32. The van der Waals surface area contributed by atoms with Crippen LogP contribution in [-0.4, -0.2) is 31.5 Å². The lowest BCUT2D eigenvalue weighted by Crippen LogP contribution is -2.41. The summed E-state index contributed by atoms with van der Waals surface area (Å²) < 4.78 is 24.7. The zero-order valence-electron chi connectivity index (χ0n) is 19.5. The Morgan fingerprint density at radius 1 is 0.903 bits per heavy atom. The summed E-state index contributed by atoms with van der Waals surface area (Å²) in [5.74, 6) is 1.76. The summed E-state index contributed by atoms with van der Waals surface area (Å²) in [7, 11) is 1.44. The Morgan fingerprint density at radius 2 is 1.55 bits per heavy atom. The van der Waals surface area contributed by atoms with Gasteiger partial charge in [-0.15, -0.1) is 0 Å². The third kappa shape index (κ3) is 4.78. The van der Waals surface area contributed by atoms with Crippen molar-refractivity contribution in [3.05, 3.63) is 59.7 Å². The molecule has 4 rings (SSSR count). The number of hydrogen-bond donors (Lipinski definition) is 0. The van der Waals surface area contributed by atoms with Crippen LogP contribution in [0.15, 0.2) is 48.5 Å². The van der Waals surface area contributed by atoms with Gasteiger partial charge in [-0.05, 0) is 83.0 Å². The van der Waals surface area contributed by atoms with Crippen LogP contribution in [0.4, 0.5) is 0 Å². The number of hydrogen-bond acceptors (Lipinski definition) is 4. The second-order valence-corrected chi connectivity index (χ2v) is 9.82. The molecule has 0 aromatic heterocycles. The van der Waals surface area contributed by atoms with Crippen LogP contribution >= 0.6 is 0 Å². The zero-order valence-corrected chi connectivity index (χ0v) is 19.5. The van der Waals surface area contributed by atoms with Crippen LogP contribution in [0.3, 0.4) is 0 Å². The molecule has 166 valence electrons. The minimum Gasteiger partial charge on any atom is -0.493 e. The van der Waals surface area contributed by atoms with E-state index in [1.54, 1.807) is 7.11 Å². The Bertz CT molecular complexity index is 858. The molecule has 2 aromatic carbocycles. The Morgan fingerprint density at radius 3 is 2.16 bits per heavy atom. The van der Waals surface area contributed by atoms with Gasteiger partial charge in [-0.1, -0.05) is 36.4 Å². The van der Waals surface area contributed by atoms with E-state index < -0.39 is 0 Å². The lowest BCUT2D eigenvalue weighted by atomic mass is 9.72. The van der Waals surface area contributed by atoms with E-state index in [4.69, 9.17) is 18.8 Å². The predicted molar refractivity (Wildman–Crippen MR) is 125 cm³/mol. The van der Waals surface area contributed by atoms with Crippen LogP contribution in [0.5, 0.6) is 11.5 Å². The minimum absolute atomic E-state index is 0.132. The minimum atomic E-state index is -0.338. The largest absolute Gasteiger partial charge is 0.493 e. The normalized spacial score (nSPS) is 21.3. The number of benzene rings is 2. The van der Waals surface area contributed by atoms with Crippen molar-refractivity contribution in [2.75, 3.05) is 7.11 Å². The van der Waals surface area contributed by atoms with E-state index in [0.29, 0.717) is 0 Å². The van der Waals surface area contributed by atoms with Crippen molar-refractivity contribution >= 4 is 7.12 Å².